The summed E-state index contributed by atoms with van der Waals surface area (Å²) in [6.45, 7) is 2.17. The number of aliphatic hydroxyl groups excluding tert-OH is 2. The molecule has 2 atom stereocenters. The fourth-order valence-corrected chi connectivity index (χ4v) is 2.54. The van der Waals surface area contributed by atoms with Crippen LogP contribution in [0.25, 0.3) is 0 Å². The standard InChI is InChI=1S/C13H18BrNO2/c14-9-12(16)13(17)10-4-3-5-11(8-10)15-6-1-2-7-15/h3-5,8,12-13,16-17H,1-2,6-7,9H2. The molecule has 1 saturated heterocycles. The van der Waals surface area contributed by atoms with Gasteiger partial charge in [0.15, 0.2) is 0 Å². The minimum atomic E-state index is -0.822. The van der Waals surface area contributed by atoms with E-state index >= 15 is 0 Å². The molecular weight excluding hydrogens is 282 g/mol. The molecule has 2 N–H and O–H groups in total. The van der Waals surface area contributed by atoms with Crippen LogP contribution in [0.2, 0.25) is 0 Å². The minimum absolute atomic E-state index is 0.377. The first-order chi connectivity index (χ1) is 8.22. The summed E-state index contributed by atoms with van der Waals surface area (Å²) in [5.41, 5.74) is 1.92. The maximum absolute atomic E-state index is 9.96. The van der Waals surface area contributed by atoms with Gasteiger partial charge in [0.2, 0.25) is 0 Å². The number of rotatable bonds is 4. The van der Waals surface area contributed by atoms with Gasteiger partial charge in [0.25, 0.3) is 0 Å². The zero-order valence-corrected chi connectivity index (χ0v) is 11.3. The number of anilines is 1. The highest BCUT2D eigenvalue weighted by molar-refractivity contribution is 9.09. The minimum Gasteiger partial charge on any atom is -0.389 e. The van der Waals surface area contributed by atoms with Gasteiger partial charge in [0.05, 0.1) is 6.10 Å². The molecule has 1 fully saturated rings. The predicted octanol–water partition coefficient (Wildman–Crippen LogP) is 2.08. The van der Waals surface area contributed by atoms with Gasteiger partial charge in [-0.05, 0) is 30.5 Å². The van der Waals surface area contributed by atoms with Gasteiger partial charge >= 0.3 is 0 Å². The van der Waals surface area contributed by atoms with Gasteiger partial charge in [0, 0.05) is 24.1 Å². The van der Waals surface area contributed by atoms with Gasteiger partial charge in [-0.15, -0.1) is 0 Å². The van der Waals surface area contributed by atoms with E-state index in [1.54, 1.807) is 0 Å². The van der Waals surface area contributed by atoms with Crippen LogP contribution in [0.1, 0.15) is 24.5 Å². The molecule has 2 rings (SSSR count). The van der Waals surface area contributed by atoms with Crippen molar-refractivity contribution in [1.29, 1.82) is 0 Å². The Hall–Kier alpha value is -0.580. The molecule has 1 aliphatic heterocycles. The lowest BCUT2D eigenvalue weighted by molar-refractivity contribution is 0.0343. The van der Waals surface area contributed by atoms with E-state index in [9.17, 15) is 10.2 Å². The van der Waals surface area contributed by atoms with E-state index in [-0.39, 0.29) is 0 Å². The molecule has 1 aromatic rings. The Bertz CT molecular complexity index is 366. The van der Waals surface area contributed by atoms with Gasteiger partial charge in [-0.25, -0.2) is 0 Å². The summed E-state index contributed by atoms with van der Waals surface area (Å²) >= 11 is 3.18. The normalized spacial score (nSPS) is 19.4. The monoisotopic (exact) mass is 299 g/mol. The summed E-state index contributed by atoms with van der Waals surface area (Å²) in [6, 6.07) is 7.83. The van der Waals surface area contributed by atoms with Crippen LogP contribution < -0.4 is 4.90 Å². The van der Waals surface area contributed by atoms with Gasteiger partial charge in [-0.3, -0.25) is 0 Å². The Balaban J connectivity index is 2.15. The Morgan fingerprint density at radius 2 is 1.94 bits per heavy atom. The first-order valence-electron chi connectivity index (χ1n) is 5.99. The molecule has 94 valence electrons. The number of halogens is 1. The van der Waals surface area contributed by atoms with Crippen molar-refractivity contribution in [2.45, 2.75) is 25.0 Å². The number of hydrogen-bond acceptors (Lipinski definition) is 3. The van der Waals surface area contributed by atoms with Gasteiger partial charge < -0.3 is 15.1 Å². The second-order valence-corrected chi connectivity index (χ2v) is 5.10. The van der Waals surface area contributed by atoms with E-state index in [1.165, 1.54) is 12.8 Å². The first-order valence-corrected chi connectivity index (χ1v) is 7.11. The fraction of sp³-hybridized carbons (Fsp3) is 0.538. The van der Waals surface area contributed by atoms with Crippen molar-refractivity contribution >= 4 is 21.6 Å². The van der Waals surface area contributed by atoms with Crippen molar-refractivity contribution < 1.29 is 10.2 Å². The maximum atomic E-state index is 9.96. The van der Waals surface area contributed by atoms with Crippen LogP contribution in [0.3, 0.4) is 0 Å². The Morgan fingerprint density at radius 3 is 2.59 bits per heavy atom. The van der Waals surface area contributed by atoms with Gasteiger partial charge in [-0.1, -0.05) is 28.1 Å². The summed E-state index contributed by atoms with van der Waals surface area (Å²) in [5, 5.41) is 20.0. The quantitative estimate of drug-likeness (QED) is 0.837. The van der Waals surface area contributed by atoms with Crippen molar-refractivity contribution in [2.24, 2.45) is 0 Å². The lowest BCUT2D eigenvalue weighted by atomic mass is 10.0. The molecule has 2 unspecified atom stereocenters. The summed E-state index contributed by atoms with van der Waals surface area (Å²) < 4.78 is 0. The van der Waals surface area contributed by atoms with E-state index in [2.05, 4.69) is 26.9 Å². The van der Waals surface area contributed by atoms with Crippen molar-refractivity contribution in [3.8, 4) is 0 Å². The molecule has 1 aliphatic rings. The summed E-state index contributed by atoms with van der Waals surface area (Å²) in [5.74, 6) is 0. The number of nitrogens with zero attached hydrogens (tertiary/aromatic N) is 1. The molecule has 0 amide bonds. The molecule has 0 spiro atoms. The predicted molar refractivity (Wildman–Crippen MR) is 72.6 cm³/mol. The Labute approximate surface area is 110 Å². The van der Waals surface area contributed by atoms with E-state index in [0.29, 0.717) is 5.33 Å². The van der Waals surface area contributed by atoms with Crippen LogP contribution >= 0.6 is 15.9 Å². The number of alkyl halides is 1. The summed E-state index contributed by atoms with van der Waals surface area (Å²) in [6.07, 6.45) is 0.883. The third kappa shape index (κ3) is 3.00. The second kappa shape index (κ2) is 5.85. The highest BCUT2D eigenvalue weighted by atomic mass is 79.9. The zero-order chi connectivity index (χ0) is 12.3. The Kier molecular flexibility index (Phi) is 4.42. The number of hydrogen-bond donors (Lipinski definition) is 2. The third-order valence-electron chi connectivity index (χ3n) is 3.21. The molecule has 17 heavy (non-hydrogen) atoms. The van der Waals surface area contributed by atoms with Gasteiger partial charge in [-0.2, -0.15) is 0 Å². The maximum Gasteiger partial charge on any atom is 0.106 e. The molecule has 1 heterocycles. The largest absolute Gasteiger partial charge is 0.389 e. The van der Waals surface area contributed by atoms with Crippen LogP contribution in [0.5, 0.6) is 0 Å². The Morgan fingerprint density at radius 1 is 1.24 bits per heavy atom. The molecule has 0 radical (unpaired) electrons. The summed E-state index contributed by atoms with van der Waals surface area (Å²) in [4.78, 5) is 2.32. The van der Waals surface area contributed by atoms with Crippen molar-refractivity contribution in [3.63, 3.8) is 0 Å². The van der Waals surface area contributed by atoms with Crippen LogP contribution in [-0.2, 0) is 0 Å². The summed E-state index contributed by atoms with van der Waals surface area (Å²) in [7, 11) is 0. The molecular formula is C13H18BrNO2. The number of aliphatic hydroxyl groups is 2. The van der Waals surface area contributed by atoms with Crippen molar-refractivity contribution in [1.82, 2.24) is 0 Å². The SMILES string of the molecule is OC(CBr)C(O)c1cccc(N2CCCC2)c1. The average Bonchev–Trinajstić information content (AvgIpc) is 2.91. The van der Waals surface area contributed by atoms with E-state index in [4.69, 9.17) is 0 Å². The zero-order valence-electron chi connectivity index (χ0n) is 9.72. The lowest BCUT2D eigenvalue weighted by Gasteiger charge is -2.21. The second-order valence-electron chi connectivity index (χ2n) is 4.46. The van der Waals surface area contributed by atoms with E-state index < -0.39 is 12.2 Å². The van der Waals surface area contributed by atoms with Crippen LogP contribution in [0.4, 0.5) is 5.69 Å². The third-order valence-corrected chi connectivity index (χ3v) is 3.87. The first kappa shape index (κ1) is 12.9. The van der Waals surface area contributed by atoms with Crippen LogP contribution in [-0.4, -0.2) is 34.7 Å². The van der Waals surface area contributed by atoms with E-state index in [1.807, 2.05) is 18.2 Å². The lowest BCUT2D eigenvalue weighted by Crippen LogP contribution is -2.21. The molecule has 1 aromatic carbocycles. The highest BCUT2D eigenvalue weighted by Crippen LogP contribution is 2.25. The molecule has 0 aromatic heterocycles. The fourth-order valence-electron chi connectivity index (χ4n) is 2.19. The van der Waals surface area contributed by atoms with Crippen LogP contribution in [0, 0.1) is 0 Å². The van der Waals surface area contributed by atoms with Crippen molar-refractivity contribution in [3.05, 3.63) is 29.8 Å². The van der Waals surface area contributed by atoms with Crippen LogP contribution in [0.15, 0.2) is 24.3 Å². The smallest absolute Gasteiger partial charge is 0.106 e. The number of benzene rings is 1. The van der Waals surface area contributed by atoms with Crippen molar-refractivity contribution in [2.75, 3.05) is 23.3 Å². The molecule has 0 bridgehead atoms. The molecule has 3 nitrogen and oxygen atoms in total. The topological polar surface area (TPSA) is 43.7 Å². The molecule has 0 saturated carbocycles. The van der Waals surface area contributed by atoms with E-state index in [0.717, 1.165) is 24.3 Å². The average molecular weight is 300 g/mol. The molecule has 0 aliphatic carbocycles. The molecule has 4 heteroatoms. The highest BCUT2D eigenvalue weighted by Gasteiger charge is 2.19. The van der Waals surface area contributed by atoms with Gasteiger partial charge in [0.1, 0.15) is 6.10 Å².